The topological polar surface area (TPSA) is 64.9 Å². The first-order chi connectivity index (χ1) is 9.99. The van der Waals surface area contributed by atoms with Crippen molar-refractivity contribution >= 4 is 40.6 Å². The fourth-order valence-corrected chi connectivity index (χ4v) is 2.36. The predicted molar refractivity (Wildman–Crippen MR) is 85.0 cm³/mol. The van der Waals surface area contributed by atoms with Crippen LogP contribution in [0.5, 0.6) is 0 Å². The Bertz CT molecular complexity index is 718. The van der Waals surface area contributed by atoms with Crippen LogP contribution in [-0.4, -0.2) is 6.03 Å². The molecule has 0 aliphatic carbocycles. The van der Waals surface area contributed by atoms with Gasteiger partial charge >= 0.3 is 6.03 Å². The first-order valence-corrected chi connectivity index (χ1v) is 6.79. The summed E-state index contributed by atoms with van der Waals surface area (Å²) in [5.41, 5.74) is 2.14. The molecule has 0 aromatic heterocycles. The number of nitriles is 1. The highest BCUT2D eigenvalue weighted by Gasteiger charge is 2.09. The van der Waals surface area contributed by atoms with Gasteiger partial charge in [-0.3, -0.25) is 0 Å². The molecule has 0 spiro atoms. The van der Waals surface area contributed by atoms with E-state index in [1.807, 2.05) is 0 Å². The minimum absolute atomic E-state index is 0.422. The number of aryl methyl sites for hydroxylation is 1. The van der Waals surface area contributed by atoms with Gasteiger partial charge in [0.2, 0.25) is 0 Å². The molecule has 0 radical (unpaired) electrons. The molecule has 0 unspecified atom stereocenters. The van der Waals surface area contributed by atoms with Gasteiger partial charge in [0.1, 0.15) is 6.07 Å². The number of carbonyl (C=O) groups is 1. The summed E-state index contributed by atoms with van der Waals surface area (Å²) in [6, 6.07) is 11.5. The summed E-state index contributed by atoms with van der Waals surface area (Å²) < 4.78 is 0. The van der Waals surface area contributed by atoms with Gasteiger partial charge in [0.05, 0.1) is 11.3 Å². The van der Waals surface area contributed by atoms with Crippen LogP contribution >= 0.6 is 23.2 Å². The summed E-state index contributed by atoms with van der Waals surface area (Å²) >= 11 is 11.7. The molecule has 4 nitrogen and oxygen atoms in total. The average Bonchev–Trinajstić information content (AvgIpc) is 2.37. The molecule has 2 rings (SSSR count). The van der Waals surface area contributed by atoms with Crippen molar-refractivity contribution in [1.82, 2.24) is 0 Å². The molecule has 0 saturated carbocycles. The van der Waals surface area contributed by atoms with Gasteiger partial charge in [0, 0.05) is 15.7 Å². The molecule has 106 valence electrons. The van der Waals surface area contributed by atoms with Crippen LogP contribution in [0.1, 0.15) is 11.1 Å². The van der Waals surface area contributed by atoms with E-state index in [1.165, 1.54) is 0 Å². The van der Waals surface area contributed by atoms with Crippen LogP contribution in [0.2, 0.25) is 10.0 Å². The number of carbonyl (C=O) groups excluding carboxylic acids is 1. The highest BCUT2D eigenvalue weighted by molar-refractivity contribution is 6.35. The number of urea groups is 1. The number of anilines is 2. The van der Waals surface area contributed by atoms with E-state index in [-0.39, 0.29) is 0 Å². The van der Waals surface area contributed by atoms with Crippen molar-refractivity contribution in [3.05, 3.63) is 57.6 Å². The Kier molecular flexibility index (Phi) is 4.69. The van der Waals surface area contributed by atoms with E-state index in [2.05, 4.69) is 16.7 Å². The number of benzene rings is 2. The van der Waals surface area contributed by atoms with E-state index in [1.54, 1.807) is 43.3 Å². The summed E-state index contributed by atoms with van der Waals surface area (Å²) in [6.07, 6.45) is 0. The lowest BCUT2D eigenvalue weighted by Gasteiger charge is -2.10. The van der Waals surface area contributed by atoms with Gasteiger partial charge in [-0.05, 0) is 36.8 Å². The van der Waals surface area contributed by atoms with Crippen molar-refractivity contribution in [3.63, 3.8) is 0 Å². The monoisotopic (exact) mass is 319 g/mol. The first-order valence-electron chi connectivity index (χ1n) is 6.03. The molecule has 2 amide bonds. The average molecular weight is 320 g/mol. The number of hydrogen-bond donors (Lipinski definition) is 2. The Hall–Kier alpha value is -2.22. The largest absolute Gasteiger partial charge is 0.323 e. The summed E-state index contributed by atoms with van der Waals surface area (Å²) in [4.78, 5) is 12.0. The van der Waals surface area contributed by atoms with Crippen molar-refractivity contribution in [2.75, 3.05) is 10.6 Å². The number of amides is 2. The molecule has 2 aromatic rings. The van der Waals surface area contributed by atoms with Crippen LogP contribution in [0.3, 0.4) is 0 Å². The minimum Gasteiger partial charge on any atom is -0.308 e. The number of hydrogen-bond acceptors (Lipinski definition) is 2. The predicted octanol–water partition coefficient (Wildman–Crippen LogP) is 4.82. The van der Waals surface area contributed by atoms with Crippen molar-refractivity contribution in [2.45, 2.75) is 6.92 Å². The third kappa shape index (κ3) is 3.88. The van der Waals surface area contributed by atoms with Crippen molar-refractivity contribution in [2.24, 2.45) is 0 Å². The van der Waals surface area contributed by atoms with Crippen LogP contribution in [0.15, 0.2) is 36.4 Å². The molecular formula is C15H11Cl2N3O. The molecule has 2 aromatic carbocycles. The lowest BCUT2D eigenvalue weighted by atomic mass is 10.1. The molecule has 6 heteroatoms. The summed E-state index contributed by atoms with van der Waals surface area (Å²) in [6.45, 7) is 1.80. The molecule has 0 fully saturated rings. The quantitative estimate of drug-likeness (QED) is 0.833. The van der Waals surface area contributed by atoms with Crippen LogP contribution in [0, 0.1) is 18.3 Å². The van der Waals surface area contributed by atoms with Gasteiger partial charge in [0.25, 0.3) is 0 Å². The lowest BCUT2D eigenvalue weighted by Crippen LogP contribution is -2.20. The normalized spacial score (nSPS) is 9.81. The van der Waals surface area contributed by atoms with Crippen LogP contribution < -0.4 is 10.6 Å². The fourth-order valence-electron chi connectivity index (χ4n) is 1.83. The molecule has 0 saturated heterocycles. The third-order valence-electron chi connectivity index (χ3n) is 2.75. The Labute approximate surface area is 132 Å². The molecule has 21 heavy (non-hydrogen) atoms. The lowest BCUT2D eigenvalue weighted by molar-refractivity contribution is 0.262. The van der Waals surface area contributed by atoms with E-state index in [4.69, 9.17) is 28.5 Å². The van der Waals surface area contributed by atoms with Crippen LogP contribution in [0.25, 0.3) is 0 Å². The van der Waals surface area contributed by atoms with Gasteiger partial charge < -0.3 is 10.6 Å². The maximum absolute atomic E-state index is 12.0. The zero-order valence-corrected chi connectivity index (χ0v) is 12.6. The van der Waals surface area contributed by atoms with E-state index in [0.717, 1.165) is 5.56 Å². The highest BCUT2D eigenvalue weighted by Crippen LogP contribution is 2.23. The summed E-state index contributed by atoms with van der Waals surface area (Å²) in [5, 5.41) is 15.2. The molecule has 0 atom stereocenters. The second kappa shape index (κ2) is 6.49. The van der Waals surface area contributed by atoms with Crippen molar-refractivity contribution in [3.8, 4) is 6.07 Å². The number of nitrogens with zero attached hydrogens (tertiary/aromatic N) is 1. The zero-order chi connectivity index (χ0) is 15.4. The molecule has 0 aliphatic heterocycles. The molecule has 0 heterocycles. The maximum atomic E-state index is 12.0. The second-order valence-corrected chi connectivity index (χ2v) is 5.22. The van der Waals surface area contributed by atoms with Gasteiger partial charge in [-0.15, -0.1) is 0 Å². The van der Waals surface area contributed by atoms with Gasteiger partial charge in [-0.25, -0.2) is 4.79 Å². The Morgan fingerprint density at radius 3 is 2.43 bits per heavy atom. The standard InChI is InChI=1S/C15H11Cl2N3O/c1-9-3-2-4-14(13(9)8-18)20-15(21)19-12-6-10(16)5-11(17)7-12/h2-7H,1H3,(H2,19,20,21). The minimum atomic E-state index is -0.476. The van der Waals surface area contributed by atoms with Crippen molar-refractivity contribution in [1.29, 1.82) is 5.26 Å². The van der Waals surface area contributed by atoms with Crippen LogP contribution in [-0.2, 0) is 0 Å². The van der Waals surface area contributed by atoms with E-state index in [9.17, 15) is 4.79 Å². The molecule has 2 N–H and O–H groups in total. The van der Waals surface area contributed by atoms with Crippen molar-refractivity contribution < 1.29 is 4.79 Å². The fraction of sp³-hybridized carbons (Fsp3) is 0.0667. The van der Waals surface area contributed by atoms with E-state index >= 15 is 0 Å². The molecule has 0 bridgehead atoms. The van der Waals surface area contributed by atoms with Gasteiger partial charge in [-0.1, -0.05) is 35.3 Å². The maximum Gasteiger partial charge on any atom is 0.323 e. The number of halogens is 2. The van der Waals surface area contributed by atoms with Gasteiger partial charge in [-0.2, -0.15) is 5.26 Å². The Morgan fingerprint density at radius 1 is 1.14 bits per heavy atom. The summed E-state index contributed by atoms with van der Waals surface area (Å²) in [7, 11) is 0. The second-order valence-electron chi connectivity index (χ2n) is 4.35. The SMILES string of the molecule is Cc1cccc(NC(=O)Nc2cc(Cl)cc(Cl)c2)c1C#N. The van der Waals surface area contributed by atoms with Crippen LogP contribution in [0.4, 0.5) is 16.2 Å². The Balaban J connectivity index is 2.16. The first kappa shape index (κ1) is 15.2. The highest BCUT2D eigenvalue weighted by atomic mass is 35.5. The Morgan fingerprint density at radius 2 is 1.81 bits per heavy atom. The van der Waals surface area contributed by atoms with E-state index < -0.39 is 6.03 Å². The smallest absolute Gasteiger partial charge is 0.308 e. The molecule has 0 aliphatic rings. The molecular weight excluding hydrogens is 309 g/mol. The number of nitrogens with one attached hydrogen (secondary N) is 2. The summed E-state index contributed by atoms with van der Waals surface area (Å²) in [5.74, 6) is 0. The van der Waals surface area contributed by atoms with E-state index in [0.29, 0.717) is 27.0 Å². The number of rotatable bonds is 2. The van der Waals surface area contributed by atoms with Gasteiger partial charge in [0.15, 0.2) is 0 Å². The third-order valence-corrected chi connectivity index (χ3v) is 3.19. The zero-order valence-electron chi connectivity index (χ0n) is 11.1.